The topological polar surface area (TPSA) is 51.8 Å². The summed E-state index contributed by atoms with van der Waals surface area (Å²) in [5.41, 5.74) is 11.4. The lowest BCUT2D eigenvalue weighted by Gasteiger charge is -2.14. The van der Waals surface area contributed by atoms with E-state index in [1.54, 1.807) is 0 Å². The van der Waals surface area contributed by atoms with Gasteiger partial charge in [0, 0.05) is 33.0 Å². The Kier molecular flexibility index (Phi) is 6.31. The molecular weight excluding hydrogens is 671 g/mol. The van der Waals surface area contributed by atoms with Gasteiger partial charge < -0.3 is 4.42 Å². The van der Waals surface area contributed by atoms with E-state index in [0.29, 0.717) is 17.5 Å². The van der Waals surface area contributed by atoms with Crippen molar-refractivity contribution >= 4 is 54.3 Å². The first-order chi connectivity index (χ1) is 27.2. The van der Waals surface area contributed by atoms with Crippen LogP contribution in [0.1, 0.15) is 0 Å². The molecule has 0 fully saturated rings. The molecule has 254 valence electrons. The van der Waals surface area contributed by atoms with Crippen LogP contribution in [0.3, 0.4) is 0 Å². The van der Waals surface area contributed by atoms with Gasteiger partial charge in [0.2, 0.25) is 0 Å². The predicted molar refractivity (Wildman–Crippen MR) is 226 cm³/mol. The van der Waals surface area contributed by atoms with Crippen LogP contribution in [0.15, 0.2) is 180 Å². The normalized spacial score (nSPS) is 12.0. The molecule has 0 saturated heterocycles. The van der Waals surface area contributed by atoms with Crippen LogP contribution in [0, 0.1) is 0 Å². The molecule has 1 aliphatic carbocycles. The third-order valence-corrected chi connectivity index (χ3v) is 11.2. The molecule has 0 unspecified atom stereocenters. The van der Waals surface area contributed by atoms with Crippen LogP contribution in [0.2, 0.25) is 0 Å². The zero-order valence-corrected chi connectivity index (χ0v) is 29.5. The first-order valence-corrected chi connectivity index (χ1v) is 18.6. The van der Waals surface area contributed by atoms with E-state index in [9.17, 15) is 0 Å². The average Bonchev–Trinajstić information content (AvgIpc) is 3.79. The molecule has 4 heteroatoms. The monoisotopic (exact) mass is 699 g/mol. The smallest absolute Gasteiger partial charge is 0.165 e. The van der Waals surface area contributed by atoms with Crippen LogP contribution in [-0.2, 0) is 0 Å². The minimum absolute atomic E-state index is 0.615. The van der Waals surface area contributed by atoms with Gasteiger partial charge in [-0.1, -0.05) is 158 Å². The molecule has 2 aromatic heterocycles. The van der Waals surface area contributed by atoms with Crippen molar-refractivity contribution in [3.05, 3.63) is 176 Å². The SMILES string of the molecule is c1ccc2cc(-c3nc(-c4ccc(-c5cccc6ccccc56)cc4)nc(-c4c5c(cc6oc7ccccc7c46)-c4cccc6cccc-5c46)n3)ccc2c1. The number of aromatic nitrogens is 3. The summed E-state index contributed by atoms with van der Waals surface area (Å²) < 4.78 is 6.63. The van der Waals surface area contributed by atoms with Gasteiger partial charge in [-0.15, -0.1) is 0 Å². The van der Waals surface area contributed by atoms with Gasteiger partial charge in [0.25, 0.3) is 0 Å². The number of hydrogen-bond acceptors (Lipinski definition) is 4. The molecular formula is C51H29N3O. The van der Waals surface area contributed by atoms with Crippen LogP contribution in [0.5, 0.6) is 0 Å². The summed E-state index contributed by atoms with van der Waals surface area (Å²) >= 11 is 0. The van der Waals surface area contributed by atoms with Crippen LogP contribution < -0.4 is 0 Å². The zero-order valence-electron chi connectivity index (χ0n) is 29.5. The van der Waals surface area contributed by atoms with Crippen molar-refractivity contribution in [3.8, 4) is 67.5 Å². The maximum Gasteiger partial charge on any atom is 0.165 e. The Balaban J connectivity index is 1.14. The Bertz CT molecular complexity index is 3370. The van der Waals surface area contributed by atoms with E-state index in [1.165, 1.54) is 43.6 Å². The van der Waals surface area contributed by atoms with Gasteiger partial charge in [-0.2, -0.15) is 0 Å². The summed E-state index contributed by atoms with van der Waals surface area (Å²) in [5, 5.41) is 9.24. The van der Waals surface area contributed by atoms with Crippen molar-refractivity contribution in [3.63, 3.8) is 0 Å². The van der Waals surface area contributed by atoms with Gasteiger partial charge in [-0.25, -0.2) is 15.0 Å². The highest BCUT2D eigenvalue weighted by atomic mass is 16.3. The van der Waals surface area contributed by atoms with Crippen molar-refractivity contribution in [2.24, 2.45) is 0 Å². The molecule has 2 heterocycles. The fourth-order valence-corrected chi connectivity index (χ4v) is 8.73. The molecule has 0 saturated carbocycles. The highest BCUT2D eigenvalue weighted by Crippen LogP contribution is 2.54. The van der Waals surface area contributed by atoms with E-state index < -0.39 is 0 Å². The summed E-state index contributed by atoms with van der Waals surface area (Å²) in [4.78, 5) is 16.0. The molecule has 0 amide bonds. The number of rotatable bonds is 4. The van der Waals surface area contributed by atoms with Crippen molar-refractivity contribution in [1.29, 1.82) is 0 Å². The summed E-state index contributed by atoms with van der Waals surface area (Å²) in [6.45, 7) is 0. The van der Waals surface area contributed by atoms with Gasteiger partial charge in [0.1, 0.15) is 11.2 Å². The van der Waals surface area contributed by atoms with Crippen LogP contribution in [0.4, 0.5) is 0 Å². The Labute approximate surface area is 316 Å². The first kappa shape index (κ1) is 30.1. The standard InChI is InChI=1S/C51H29N3O/c1-2-12-35-28-36(27-22-30(35)10-1)50-52-49(34-25-23-32(24-26-34)38-18-7-13-31-11-3-4-16-37(31)38)53-51(54-50)48-46-41-20-9-15-33-14-8-19-39(45(33)41)42(46)29-44-47(48)40-17-5-6-21-43(40)55-44/h1-29H. The van der Waals surface area contributed by atoms with E-state index >= 15 is 0 Å². The second-order valence-electron chi connectivity index (χ2n) is 14.3. The minimum atomic E-state index is 0.615. The zero-order chi connectivity index (χ0) is 36.0. The maximum atomic E-state index is 6.63. The minimum Gasteiger partial charge on any atom is -0.456 e. The highest BCUT2D eigenvalue weighted by Gasteiger charge is 2.30. The van der Waals surface area contributed by atoms with Crippen molar-refractivity contribution in [1.82, 2.24) is 15.0 Å². The molecule has 55 heavy (non-hydrogen) atoms. The van der Waals surface area contributed by atoms with Gasteiger partial charge in [0.15, 0.2) is 17.5 Å². The van der Waals surface area contributed by atoms with Crippen molar-refractivity contribution in [2.75, 3.05) is 0 Å². The summed E-state index contributed by atoms with van der Waals surface area (Å²) in [7, 11) is 0. The van der Waals surface area contributed by atoms with Crippen LogP contribution >= 0.6 is 0 Å². The molecule has 9 aromatic carbocycles. The van der Waals surface area contributed by atoms with E-state index in [1.807, 2.05) is 12.1 Å². The van der Waals surface area contributed by atoms with Gasteiger partial charge >= 0.3 is 0 Å². The number of furan rings is 1. The molecule has 0 radical (unpaired) electrons. The van der Waals surface area contributed by atoms with Crippen molar-refractivity contribution in [2.45, 2.75) is 0 Å². The molecule has 1 aliphatic rings. The Morgan fingerprint density at radius 3 is 1.75 bits per heavy atom. The Morgan fingerprint density at radius 2 is 0.909 bits per heavy atom. The van der Waals surface area contributed by atoms with Crippen molar-refractivity contribution < 1.29 is 4.42 Å². The summed E-state index contributed by atoms with van der Waals surface area (Å²) in [5.74, 6) is 1.85. The highest BCUT2D eigenvalue weighted by molar-refractivity contribution is 6.25. The lowest BCUT2D eigenvalue weighted by Crippen LogP contribution is -2.02. The molecule has 4 nitrogen and oxygen atoms in total. The second kappa shape index (κ2) is 11.5. The van der Waals surface area contributed by atoms with Crippen LogP contribution in [0.25, 0.3) is 122 Å². The molecule has 0 spiro atoms. The number of nitrogens with zero attached hydrogens (tertiary/aromatic N) is 3. The maximum absolute atomic E-state index is 6.63. The lowest BCUT2D eigenvalue weighted by molar-refractivity contribution is 0.669. The molecule has 11 aromatic rings. The van der Waals surface area contributed by atoms with E-state index in [-0.39, 0.29) is 0 Å². The molecule has 12 rings (SSSR count). The largest absolute Gasteiger partial charge is 0.456 e. The first-order valence-electron chi connectivity index (χ1n) is 18.6. The fraction of sp³-hybridized carbons (Fsp3) is 0. The second-order valence-corrected chi connectivity index (χ2v) is 14.3. The molecule has 0 bridgehead atoms. The fourth-order valence-electron chi connectivity index (χ4n) is 8.73. The lowest BCUT2D eigenvalue weighted by atomic mass is 9.93. The Morgan fingerprint density at radius 1 is 0.309 bits per heavy atom. The number of hydrogen-bond donors (Lipinski definition) is 0. The predicted octanol–water partition coefficient (Wildman–Crippen LogP) is 13.5. The van der Waals surface area contributed by atoms with Gasteiger partial charge in [-0.05, 0) is 78.3 Å². The van der Waals surface area contributed by atoms with Crippen LogP contribution in [-0.4, -0.2) is 15.0 Å². The molecule has 0 atom stereocenters. The Hall–Kier alpha value is -7.43. The molecule has 0 aliphatic heterocycles. The molecule has 0 N–H and O–H groups in total. The summed E-state index contributed by atoms with van der Waals surface area (Å²) in [6, 6.07) is 62.0. The van der Waals surface area contributed by atoms with E-state index in [0.717, 1.165) is 60.7 Å². The third-order valence-electron chi connectivity index (χ3n) is 11.2. The average molecular weight is 700 g/mol. The summed E-state index contributed by atoms with van der Waals surface area (Å²) in [6.07, 6.45) is 0. The third kappa shape index (κ3) is 4.55. The van der Waals surface area contributed by atoms with E-state index in [2.05, 4.69) is 164 Å². The van der Waals surface area contributed by atoms with E-state index in [4.69, 9.17) is 19.4 Å². The number of para-hydroxylation sites is 1. The quantitative estimate of drug-likeness (QED) is 0.183. The van der Waals surface area contributed by atoms with Gasteiger partial charge in [-0.3, -0.25) is 0 Å². The number of fused-ring (bicyclic) bond motifs is 8. The van der Waals surface area contributed by atoms with Gasteiger partial charge in [0.05, 0.1) is 0 Å². The number of benzene rings is 9.